The van der Waals surface area contributed by atoms with Crippen LogP contribution in [-0.4, -0.2) is 53.2 Å². The molecule has 5 rings (SSSR count). The van der Waals surface area contributed by atoms with Gasteiger partial charge < -0.3 is 14.4 Å². The molecule has 0 aliphatic carbocycles. The van der Waals surface area contributed by atoms with Gasteiger partial charge in [-0.1, -0.05) is 6.07 Å². The summed E-state index contributed by atoms with van der Waals surface area (Å²) in [6.07, 6.45) is 6.32. The van der Waals surface area contributed by atoms with E-state index in [9.17, 15) is 14.4 Å². The lowest BCUT2D eigenvalue weighted by atomic mass is 10.0. The molecule has 0 unspecified atom stereocenters. The number of hydrogen-bond donors (Lipinski definition) is 0. The van der Waals surface area contributed by atoms with E-state index < -0.39 is 0 Å². The van der Waals surface area contributed by atoms with Crippen molar-refractivity contribution in [2.45, 2.75) is 26.2 Å². The summed E-state index contributed by atoms with van der Waals surface area (Å²) in [6.45, 7) is 2.86. The minimum absolute atomic E-state index is 0.121. The zero-order chi connectivity index (χ0) is 24.7. The first kappa shape index (κ1) is 22.7. The summed E-state index contributed by atoms with van der Waals surface area (Å²) in [5.74, 6) is 0.614. The highest BCUT2D eigenvalue weighted by atomic mass is 16.5. The maximum atomic E-state index is 13.8. The van der Waals surface area contributed by atoms with Gasteiger partial charge in [0.1, 0.15) is 0 Å². The first-order chi connectivity index (χ1) is 16.9. The third-order valence-electron chi connectivity index (χ3n) is 6.70. The highest BCUT2D eigenvalue weighted by Gasteiger charge is 2.24. The maximum absolute atomic E-state index is 13.8. The molecule has 8 nitrogen and oxygen atoms in total. The SMILES string of the molecule is COc1cc2c(C(=O)N3CCCCC3)cn(-c3cccc4c3ccn4C(C)=O)c(=O)c2cc1OC. The number of pyridine rings is 1. The van der Waals surface area contributed by atoms with Gasteiger partial charge in [0.2, 0.25) is 5.91 Å². The van der Waals surface area contributed by atoms with Gasteiger partial charge in [-0.05, 0) is 49.6 Å². The number of ether oxygens (including phenoxy) is 2. The van der Waals surface area contributed by atoms with Crippen LogP contribution in [-0.2, 0) is 0 Å². The summed E-state index contributed by atoms with van der Waals surface area (Å²) < 4.78 is 14.0. The van der Waals surface area contributed by atoms with Gasteiger partial charge in [0, 0.05) is 43.2 Å². The Morgan fingerprint density at radius 2 is 1.57 bits per heavy atom. The molecule has 0 bridgehead atoms. The van der Waals surface area contributed by atoms with E-state index in [4.69, 9.17) is 9.47 Å². The van der Waals surface area contributed by atoms with E-state index in [0.717, 1.165) is 24.6 Å². The number of fused-ring (bicyclic) bond motifs is 2. The van der Waals surface area contributed by atoms with Crippen LogP contribution >= 0.6 is 0 Å². The van der Waals surface area contributed by atoms with Gasteiger partial charge in [-0.15, -0.1) is 0 Å². The average molecular weight is 474 g/mol. The molecule has 35 heavy (non-hydrogen) atoms. The molecular weight excluding hydrogens is 446 g/mol. The fourth-order valence-corrected chi connectivity index (χ4v) is 4.92. The first-order valence-corrected chi connectivity index (χ1v) is 11.7. The largest absolute Gasteiger partial charge is 0.493 e. The topological polar surface area (TPSA) is 82.8 Å². The number of likely N-dealkylation sites (tertiary alicyclic amines) is 1. The molecule has 0 radical (unpaired) electrons. The summed E-state index contributed by atoms with van der Waals surface area (Å²) in [6, 6.07) is 10.6. The van der Waals surface area contributed by atoms with Crippen LogP contribution in [0.2, 0.25) is 0 Å². The van der Waals surface area contributed by atoms with Crippen molar-refractivity contribution in [1.29, 1.82) is 0 Å². The Labute approximate surface area is 202 Å². The fourth-order valence-electron chi connectivity index (χ4n) is 4.92. The predicted octanol–water partition coefficient (Wildman–Crippen LogP) is 4.25. The number of amides is 1. The van der Waals surface area contributed by atoms with Gasteiger partial charge in [0.05, 0.1) is 36.4 Å². The van der Waals surface area contributed by atoms with Gasteiger partial charge in [0.25, 0.3) is 11.5 Å². The predicted molar refractivity (Wildman–Crippen MR) is 134 cm³/mol. The smallest absolute Gasteiger partial charge is 0.263 e. The molecule has 1 amide bonds. The van der Waals surface area contributed by atoms with E-state index in [1.165, 1.54) is 25.7 Å². The Kier molecular flexibility index (Phi) is 5.80. The Morgan fingerprint density at radius 3 is 2.23 bits per heavy atom. The van der Waals surface area contributed by atoms with Crippen molar-refractivity contribution < 1.29 is 19.1 Å². The molecule has 2 aromatic carbocycles. The van der Waals surface area contributed by atoms with E-state index in [0.29, 0.717) is 52.1 Å². The number of methoxy groups -OCH3 is 2. The Hall–Kier alpha value is -4.07. The Bertz CT molecular complexity index is 1530. The zero-order valence-electron chi connectivity index (χ0n) is 20.0. The van der Waals surface area contributed by atoms with Crippen LogP contribution in [0.25, 0.3) is 27.4 Å². The fraction of sp³-hybridized carbons (Fsp3) is 0.296. The molecule has 4 aromatic rings. The van der Waals surface area contributed by atoms with Gasteiger partial charge >= 0.3 is 0 Å². The van der Waals surface area contributed by atoms with Gasteiger partial charge in [-0.2, -0.15) is 0 Å². The molecule has 1 aliphatic heterocycles. The number of rotatable bonds is 4. The minimum Gasteiger partial charge on any atom is -0.493 e. The standard InChI is InChI=1S/C27H27N3O5/c1-17(31)29-13-10-18-22(29)8-7-9-23(18)30-16-21(26(32)28-11-5-4-6-12-28)19-14-24(34-2)25(35-3)15-20(19)27(30)33/h7-10,13-16H,4-6,11-12H2,1-3H3. The Morgan fingerprint density at radius 1 is 0.886 bits per heavy atom. The van der Waals surface area contributed by atoms with Gasteiger partial charge in [-0.3, -0.25) is 23.5 Å². The molecule has 1 saturated heterocycles. The number of carbonyl (C=O) groups is 2. The van der Waals surface area contributed by atoms with Crippen molar-refractivity contribution in [2.24, 2.45) is 0 Å². The lowest BCUT2D eigenvalue weighted by molar-refractivity contribution is 0.0725. The highest BCUT2D eigenvalue weighted by Crippen LogP contribution is 2.34. The molecule has 0 spiro atoms. The molecule has 0 saturated carbocycles. The molecule has 180 valence electrons. The van der Waals surface area contributed by atoms with Crippen molar-refractivity contribution in [2.75, 3.05) is 27.3 Å². The van der Waals surface area contributed by atoms with Crippen LogP contribution in [0.3, 0.4) is 0 Å². The number of nitrogens with zero attached hydrogens (tertiary/aromatic N) is 3. The number of carbonyl (C=O) groups excluding carboxylic acids is 2. The molecule has 0 atom stereocenters. The van der Waals surface area contributed by atoms with E-state index in [-0.39, 0.29) is 17.4 Å². The van der Waals surface area contributed by atoms with Gasteiger partial charge in [-0.25, -0.2) is 0 Å². The van der Waals surface area contributed by atoms with Crippen molar-refractivity contribution in [3.63, 3.8) is 0 Å². The van der Waals surface area contributed by atoms with E-state index in [1.54, 1.807) is 35.2 Å². The lowest BCUT2D eigenvalue weighted by Crippen LogP contribution is -2.36. The number of benzene rings is 2. The summed E-state index contributed by atoms with van der Waals surface area (Å²) >= 11 is 0. The molecule has 0 N–H and O–H groups in total. The molecule has 2 aromatic heterocycles. The van der Waals surface area contributed by atoms with Crippen molar-refractivity contribution >= 4 is 33.5 Å². The van der Waals surface area contributed by atoms with Gasteiger partial charge in [0.15, 0.2) is 11.5 Å². The first-order valence-electron chi connectivity index (χ1n) is 11.7. The van der Waals surface area contributed by atoms with Crippen LogP contribution in [0, 0.1) is 0 Å². The van der Waals surface area contributed by atoms with Crippen LogP contribution in [0.4, 0.5) is 0 Å². The zero-order valence-corrected chi connectivity index (χ0v) is 20.0. The normalized spacial score (nSPS) is 13.9. The monoisotopic (exact) mass is 473 g/mol. The van der Waals surface area contributed by atoms with Crippen LogP contribution < -0.4 is 15.0 Å². The van der Waals surface area contributed by atoms with Crippen molar-refractivity contribution in [1.82, 2.24) is 14.0 Å². The third-order valence-corrected chi connectivity index (χ3v) is 6.70. The number of piperidine rings is 1. The van der Waals surface area contributed by atoms with Crippen LogP contribution in [0.15, 0.2) is 53.6 Å². The van der Waals surface area contributed by atoms with Crippen molar-refractivity contribution in [3.05, 3.63) is 64.7 Å². The van der Waals surface area contributed by atoms with E-state index in [1.807, 2.05) is 23.1 Å². The van der Waals surface area contributed by atoms with E-state index >= 15 is 0 Å². The van der Waals surface area contributed by atoms with E-state index in [2.05, 4.69) is 0 Å². The molecular formula is C27H27N3O5. The summed E-state index contributed by atoms with van der Waals surface area (Å²) in [5.41, 5.74) is 1.42. The second-order valence-electron chi connectivity index (χ2n) is 8.74. The van der Waals surface area contributed by atoms with Crippen LogP contribution in [0.5, 0.6) is 11.5 Å². The van der Waals surface area contributed by atoms with Crippen molar-refractivity contribution in [3.8, 4) is 17.2 Å². The average Bonchev–Trinajstić information content (AvgIpc) is 3.33. The molecule has 1 fully saturated rings. The molecule has 3 heterocycles. The summed E-state index contributed by atoms with van der Waals surface area (Å²) in [5, 5.41) is 1.61. The molecule has 1 aliphatic rings. The number of hydrogen-bond acceptors (Lipinski definition) is 5. The second-order valence-corrected chi connectivity index (χ2v) is 8.74. The minimum atomic E-state index is -0.292. The quantitative estimate of drug-likeness (QED) is 0.443. The highest BCUT2D eigenvalue weighted by molar-refractivity contribution is 6.08. The molecule has 8 heteroatoms. The lowest BCUT2D eigenvalue weighted by Gasteiger charge is -2.27. The number of aromatic nitrogens is 2. The maximum Gasteiger partial charge on any atom is 0.263 e. The Balaban J connectivity index is 1.82. The summed E-state index contributed by atoms with van der Waals surface area (Å²) in [4.78, 5) is 41.4. The summed E-state index contributed by atoms with van der Waals surface area (Å²) in [7, 11) is 3.04. The van der Waals surface area contributed by atoms with Crippen LogP contribution in [0.1, 0.15) is 41.3 Å². The third kappa shape index (κ3) is 3.75. The second kappa shape index (κ2) is 8.94.